The number of pyridine rings is 1. The zero-order valence-electron chi connectivity index (χ0n) is 9.41. The number of halogens is 1. The van der Waals surface area contributed by atoms with Gasteiger partial charge in [0, 0.05) is 6.20 Å². The maximum Gasteiger partial charge on any atom is 0.146 e. The average molecular weight is 210 g/mol. The molecular weight excluding hydrogens is 191 g/mol. The lowest BCUT2D eigenvalue weighted by atomic mass is 9.93. The van der Waals surface area contributed by atoms with Crippen LogP contribution in [0.5, 0.6) is 0 Å². The smallest absolute Gasteiger partial charge is 0.146 e. The van der Waals surface area contributed by atoms with E-state index in [1.165, 1.54) is 6.07 Å². The Hall–Kier alpha value is -0.960. The summed E-state index contributed by atoms with van der Waals surface area (Å²) in [6, 6.07) is 2.72. The Balaban J connectivity index is 2.68. The predicted octanol–water partition coefficient (Wildman–Crippen LogP) is 3.05. The highest BCUT2D eigenvalue weighted by Gasteiger charge is 2.16. The Morgan fingerprint density at radius 1 is 1.40 bits per heavy atom. The summed E-state index contributed by atoms with van der Waals surface area (Å²) in [7, 11) is 0. The Morgan fingerprint density at radius 3 is 2.60 bits per heavy atom. The molecule has 1 rings (SSSR count). The fraction of sp³-hybridized carbons (Fsp3) is 0.583. The average Bonchev–Trinajstić information content (AvgIpc) is 2.26. The molecule has 0 aliphatic carbocycles. The molecule has 0 amide bonds. The fourth-order valence-electron chi connectivity index (χ4n) is 1.76. The van der Waals surface area contributed by atoms with Crippen molar-refractivity contribution in [3.05, 3.63) is 29.8 Å². The van der Waals surface area contributed by atoms with Gasteiger partial charge >= 0.3 is 0 Å². The van der Waals surface area contributed by atoms with E-state index in [0.717, 1.165) is 19.3 Å². The molecule has 1 aromatic heterocycles. The molecular formula is C12H19FN2. The Bertz CT molecular complexity index is 297. The van der Waals surface area contributed by atoms with Crippen LogP contribution in [0, 0.1) is 11.7 Å². The third-order valence-electron chi connectivity index (χ3n) is 2.88. The maximum atomic E-state index is 13.4. The molecule has 0 fully saturated rings. The Labute approximate surface area is 90.7 Å². The van der Waals surface area contributed by atoms with Gasteiger partial charge in [0.2, 0.25) is 0 Å². The van der Waals surface area contributed by atoms with Crippen LogP contribution in [0.4, 0.5) is 4.39 Å². The van der Waals surface area contributed by atoms with Crippen LogP contribution in [-0.4, -0.2) is 4.98 Å². The van der Waals surface area contributed by atoms with Gasteiger partial charge in [0.1, 0.15) is 5.82 Å². The van der Waals surface area contributed by atoms with Crippen molar-refractivity contribution in [3.8, 4) is 0 Å². The molecule has 15 heavy (non-hydrogen) atoms. The van der Waals surface area contributed by atoms with E-state index < -0.39 is 0 Å². The summed E-state index contributed by atoms with van der Waals surface area (Å²) in [5.74, 6) is 0.261. The number of rotatable bonds is 5. The van der Waals surface area contributed by atoms with Crippen molar-refractivity contribution < 1.29 is 4.39 Å². The fourth-order valence-corrected chi connectivity index (χ4v) is 1.76. The van der Waals surface area contributed by atoms with Gasteiger partial charge in [0.05, 0.1) is 11.7 Å². The van der Waals surface area contributed by atoms with Crippen molar-refractivity contribution in [3.63, 3.8) is 0 Å². The van der Waals surface area contributed by atoms with Gasteiger partial charge in [-0.05, 0) is 24.5 Å². The third kappa shape index (κ3) is 3.27. The number of nitrogens with two attached hydrogens (primary N) is 1. The first-order valence-corrected chi connectivity index (χ1v) is 5.55. The first-order chi connectivity index (χ1) is 7.19. The van der Waals surface area contributed by atoms with Crippen LogP contribution in [0.2, 0.25) is 0 Å². The van der Waals surface area contributed by atoms with Crippen molar-refractivity contribution >= 4 is 0 Å². The molecule has 0 radical (unpaired) electrons. The van der Waals surface area contributed by atoms with Gasteiger partial charge in [-0.3, -0.25) is 4.98 Å². The highest BCUT2D eigenvalue weighted by molar-refractivity contribution is 5.11. The zero-order valence-corrected chi connectivity index (χ0v) is 9.41. The molecule has 1 heterocycles. The lowest BCUT2D eigenvalue weighted by molar-refractivity contribution is 0.402. The van der Waals surface area contributed by atoms with Crippen molar-refractivity contribution in [2.24, 2.45) is 11.7 Å². The highest BCUT2D eigenvalue weighted by Crippen LogP contribution is 2.23. The van der Waals surface area contributed by atoms with Crippen molar-refractivity contribution in [1.82, 2.24) is 4.98 Å². The predicted molar refractivity (Wildman–Crippen MR) is 59.8 cm³/mol. The number of hydrogen-bond acceptors (Lipinski definition) is 2. The van der Waals surface area contributed by atoms with Gasteiger partial charge in [0.25, 0.3) is 0 Å². The summed E-state index contributed by atoms with van der Waals surface area (Å²) in [4.78, 5) is 4.00. The quantitative estimate of drug-likeness (QED) is 0.811. The van der Waals surface area contributed by atoms with Gasteiger partial charge < -0.3 is 5.73 Å². The van der Waals surface area contributed by atoms with E-state index in [1.54, 1.807) is 12.3 Å². The maximum absolute atomic E-state index is 13.4. The molecule has 0 spiro atoms. The topological polar surface area (TPSA) is 38.9 Å². The van der Waals surface area contributed by atoms with Crippen molar-refractivity contribution in [2.75, 3.05) is 0 Å². The first kappa shape index (κ1) is 12.1. The number of nitrogens with zero attached hydrogens (tertiary/aromatic N) is 1. The Morgan fingerprint density at radius 2 is 2.07 bits per heavy atom. The van der Waals surface area contributed by atoms with Crippen LogP contribution in [0.15, 0.2) is 18.3 Å². The standard InChI is InChI=1S/C12H19FN2/c1-3-9(4-2)8-11(14)12-10(13)6-5-7-15-12/h5-7,9,11H,3-4,8,14H2,1-2H3. The van der Waals surface area contributed by atoms with Crippen LogP contribution >= 0.6 is 0 Å². The van der Waals surface area contributed by atoms with E-state index in [4.69, 9.17) is 5.73 Å². The molecule has 0 bridgehead atoms. The zero-order chi connectivity index (χ0) is 11.3. The molecule has 1 atom stereocenters. The van der Waals surface area contributed by atoms with E-state index in [-0.39, 0.29) is 11.9 Å². The molecule has 0 aliphatic rings. The monoisotopic (exact) mass is 210 g/mol. The second kappa shape index (κ2) is 5.81. The second-order valence-corrected chi connectivity index (χ2v) is 3.90. The molecule has 0 aliphatic heterocycles. The van der Waals surface area contributed by atoms with Crippen LogP contribution in [-0.2, 0) is 0 Å². The molecule has 0 aromatic carbocycles. The minimum absolute atomic E-state index is 0.281. The summed E-state index contributed by atoms with van der Waals surface area (Å²) in [6.07, 6.45) is 4.56. The molecule has 2 N–H and O–H groups in total. The molecule has 0 saturated heterocycles. The Kier molecular flexibility index (Phi) is 4.69. The minimum atomic E-state index is -0.295. The summed E-state index contributed by atoms with van der Waals surface area (Å²) < 4.78 is 13.4. The van der Waals surface area contributed by atoms with Gasteiger partial charge in [-0.25, -0.2) is 4.39 Å². The third-order valence-corrected chi connectivity index (χ3v) is 2.88. The van der Waals surface area contributed by atoms with Crippen molar-refractivity contribution in [1.29, 1.82) is 0 Å². The van der Waals surface area contributed by atoms with E-state index in [0.29, 0.717) is 11.6 Å². The van der Waals surface area contributed by atoms with Crippen LogP contribution in [0.3, 0.4) is 0 Å². The molecule has 1 unspecified atom stereocenters. The van der Waals surface area contributed by atoms with E-state index >= 15 is 0 Å². The van der Waals surface area contributed by atoms with Crippen LogP contribution in [0.25, 0.3) is 0 Å². The summed E-state index contributed by atoms with van der Waals surface area (Å²) in [5, 5.41) is 0. The highest BCUT2D eigenvalue weighted by atomic mass is 19.1. The lowest BCUT2D eigenvalue weighted by Gasteiger charge is -2.17. The summed E-state index contributed by atoms with van der Waals surface area (Å²) in [5.41, 5.74) is 6.34. The second-order valence-electron chi connectivity index (χ2n) is 3.90. The molecule has 2 nitrogen and oxygen atoms in total. The number of aromatic nitrogens is 1. The molecule has 84 valence electrons. The van der Waals surface area contributed by atoms with E-state index in [9.17, 15) is 4.39 Å². The van der Waals surface area contributed by atoms with Crippen molar-refractivity contribution in [2.45, 2.75) is 39.2 Å². The normalized spacial score (nSPS) is 13.1. The van der Waals surface area contributed by atoms with Gasteiger partial charge in [0.15, 0.2) is 0 Å². The van der Waals surface area contributed by atoms with E-state index in [1.807, 2.05) is 0 Å². The molecule has 3 heteroatoms. The molecule has 1 aromatic rings. The van der Waals surface area contributed by atoms with Gasteiger partial charge in [-0.15, -0.1) is 0 Å². The van der Waals surface area contributed by atoms with Gasteiger partial charge in [-0.1, -0.05) is 26.7 Å². The minimum Gasteiger partial charge on any atom is -0.323 e. The largest absolute Gasteiger partial charge is 0.323 e. The summed E-state index contributed by atoms with van der Waals surface area (Å²) in [6.45, 7) is 4.27. The van der Waals surface area contributed by atoms with E-state index in [2.05, 4.69) is 18.8 Å². The van der Waals surface area contributed by atoms with Crippen LogP contribution in [0.1, 0.15) is 44.8 Å². The molecule has 0 saturated carbocycles. The number of hydrogen-bond donors (Lipinski definition) is 1. The van der Waals surface area contributed by atoms with Gasteiger partial charge in [-0.2, -0.15) is 0 Å². The lowest BCUT2D eigenvalue weighted by Crippen LogP contribution is -2.17. The first-order valence-electron chi connectivity index (χ1n) is 5.55. The summed E-state index contributed by atoms with van der Waals surface area (Å²) >= 11 is 0. The SMILES string of the molecule is CCC(CC)CC(N)c1ncccc1F. The van der Waals surface area contributed by atoms with Crippen LogP contribution < -0.4 is 5.73 Å².